The summed E-state index contributed by atoms with van der Waals surface area (Å²) in [6, 6.07) is 4.32. The number of allylic oxidation sites excluding steroid dienone is 2. The van der Waals surface area contributed by atoms with E-state index in [9.17, 15) is 17.6 Å². The number of rotatable bonds is 9. The number of alkyl halides is 2. The molecule has 0 radical (unpaired) electrons. The Balaban J connectivity index is 1.81. The van der Waals surface area contributed by atoms with Crippen LogP contribution in [0.1, 0.15) is 43.4 Å². The molecular weight excluding hydrogens is 518 g/mol. The second kappa shape index (κ2) is 11.1. The molecule has 2 N–H and O–H groups in total. The van der Waals surface area contributed by atoms with Gasteiger partial charge in [-0.3, -0.25) is 5.10 Å². The molecule has 0 bridgehead atoms. The van der Waals surface area contributed by atoms with E-state index < -0.39 is 18.1 Å². The average Bonchev–Trinajstić information content (AvgIpc) is 3.47. The quantitative estimate of drug-likeness (QED) is 0.103. The Bertz CT molecular complexity index is 1400. The Kier molecular flexibility index (Phi) is 8.00. The molecule has 1 aromatic carbocycles. The van der Waals surface area contributed by atoms with Crippen LogP contribution in [-0.2, 0) is 7.05 Å². The average molecular weight is 548 g/mol. The van der Waals surface area contributed by atoms with E-state index >= 15 is 0 Å². The minimum Gasteiger partial charge on any atom is -0.333 e. The van der Waals surface area contributed by atoms with Crippen molar-refractivity contribution >= 4 is 34.7 Å². The van der Waals surface area contributed by atoms with Gasteiger partial charge in [0.05, 0.1) is 5.69 Å². The van der Waals surface area contributed by atoms with Gasteiger partial charge in [0.15, 0.2) is 23.3 Å². The number of hydrogen-bond donors (Lipinski definition) is 2. The van der Waals surface area contributed by atoms with Crippen molar-refractivity contribution in [3.05, 3.63) is 71.2 Å². The lowest BCUT2D eigenvalue weighted by atomic mass is 10.00. The van der Waals surface area contributed by atoms with Crippen LogP contribution in [0.3, 0.4) is 0 Å². The summed E-state index contributed by atoms with van der Waals surface area (Å²) in [4.78, 5) is 10.6. The summed E-state index contributed by atoms with van der Waals surface area (Å²) in [6.07, 6.45) is 2.19. The van der Waals surface area contributed by atoms with Crippen molar-refractivity contribution in [3.63, 3.8) is 0 Å². The number of thioether (sulfide) groups is 1. The Labute approximate surface area is 222 Å². The molecule has 1 fully saturated rings. The lowest BCUT2D eigenvalue weighted by Gasteiger charge is -2.22. The highest BCUT2D eigenvalue weighted by Gasteiger charge is 2.33. The van der Waals surface area contributed by atoms with Crippen molar-refractivity contribution in [3.8, 4) is 0 Å². The first kappa shape index (κ1) is 27.5. The number of aromatic amines is 1. The number of nitrogens with one attached hydrogen (secondary N) is 2. The summed E-state index contributed by atoms with van der Waals surface area (Å²) in [5.41, 5.74) is 1.98. The van der Waals surface area contributed by atoms with Gasteiger partial charge < -0.3 is 14.8 Å². The number of anilines is 2. The standard InChI is InChI=1S/C26H29F4N7S/c1-13-9-21(35-34-13)33-25(31-15(3)37(5)23-18(27)10-17(38-6)11-19(23)28)22(16-7-8-16)14(2)20-12-36(4)26(32-20)24(29)30/h9-12,16,24H,2,7-8H2,1,3-6H3,(H2,33,34,35)/b25-22-,31-15+. The van der Waals surface area contributed by atoms with E-state index in [-0.39, 0.29) is 23.3 Å². The number of hydrogen-bond acceptors (Lipinski definition) is 5. The fraction of sp³-hybridized carbons (Fsp3) is 0.346. The second-order valence-electron chi connectivity index (χ2n) is 9.13. The van der Waals surface area contributed by atoms with Crippen LogP contribution in [-0.4, -0.2) is 38.9 Å². The number of halogens is 4. The predicted molar refractivity (Wildman–Crippen MR) is 144 cm³/mol. The van der Waals surface area contributed by atoms with Crippen LogP contribution in [0.25, 0.3) is 5.57 Å². The number of aliphatic imine (C=N–C) groups is 1. The van der Waals surface area contributed by atoms with Gasteiger partial charge in [-0.05, 0) is 51.0 Å². The number of nitrogens with zero attached hydrogens (tertiary/aromatic N) is 5. The number of amidine groups is 1. The molecule has 0 spiro atoms. The lowest BCUT2D eigenvalue weighted by Crippen LogP contribution is -2.26. The molecule has 0 saturated heterocycles. The van der Waals surface area contributed by atoms with Crippen molar-refractivity contribution in [2.45, 2.75) is 38.0 Å². The molecule has 4 rings (SSSR count). The predicted octanol–water partition coefficient (Wildman–Crippen LogP) is 6.69. The van der Waals surface area contributed by atoms with Crippen molar-refractivity contribution in [2.24, 2.45) is 18.0 Å². The fourth-order valence-electron chi connectivity index (χ4n) is 4.06. The Hall–Kier alpha value is -3.54. The zero-order valence-corrected chi connectivity index (χ0v) is 22.6. The van der Waals surface area contributed by atoms with E-state index in [0.29, 0.717) is 33.4 Å². The number of benzene rings is 1. The van der Waals surface area contributed by atoms with Crippen LogP contribution < -0.4 is 10.2 Å². The van der Waals surface area contributed by atoms with Gasteiger partial charge in [-0.15, -0.1) is 11.8 Å². The first-order valence-electron chi connectivity index (χ1n) is 11.9. The third kappa shape index (κ3) is 5.79. The molecule has 2 aromatic heterocycles. The largest absolute Gasteiger partial charge is 0.333 e. The second-order valence-corrected chi connectivity index (χ2v) is 10.0. The maximum atomic E-state index is 14.9. The molecule has 7 nitrogen and oxygen atoms in total. The van der Waals surface area contributed by atoms with Gasteiger partial charge in [0.2, 0.25) is 0 Å². The van der Waals surface area contributed by atoms with E-state index in [2.05, 4.69) is 27.1 Å². The number of aromatic nitrogens is 4. The highest BCUT2D eigenvalue weighted by Crippen LogP contribution is 2.44. The third-order valence-electron chi connectivity index (χ3n) is 6.26. The molecular formula is C26H29F4N7S. The molecule has 1 aliphatic rings. The highest BCUT2D eigenvalue weighted by molar-refractivity contribution is 7.98. The Morgan fingerprint density at radius 1 is 1.26 bits per heavy atom. The van der Waals surface area contributed by atoms with Crippen molar-refractivity contribution in [2.75, 3.05) is 23.5 Å². The highest BCUT2D eigenvalue weighted by atomic mass is 32.2. The van der Waals surface area contributed by atoms with Gasteiger partial charge in [0.25, 0.3) is 6.43 Å². The molecule has 0 atom stereocenters. The van der Waals surface area contributed by atoms with Gasteiger partial charge in [-0.25, -0.2) is 27.5 Å². The van der Waals surface area contributed by atoms with E-state index in [4.69, 9.17) is 4.99 Å². The van der Waals surface area contributed by atoms with Crippen molar-refractivity contribution < 1.29 is 17.6 Å². The molecule has 0 amide bonds. The maximum Gasteiger partial charge on any atom is 0.295 e. The molecule has 12 heteroatoms. The zero-order chi connectivity index (χ0) is 27.7. The zero-order valence-electron chi connectivity index (χ0n) is 21.7. The summed E-state index contributed by atoms with van der Waals surface area (Å²) in [7, 11) is 3.02. The van der Waals surface area contributed by atoms with Crippen LogP contribution in [0.5, 0.6) is 0 Å². The van der Waals surface area contributed by atoms with Crippen LogP contribution >= 0.6 is 11.8 Å². The van der Waals surface area contributed by atoms with Gasteiger partial charge in [-0.2, -0.15) is 5.10 Å². The third-order valence-corrected chi connectivity index (χ3v) is 6.96. The van der Waals surface area contributed by atoms with E-state index in [1.165, 1.54) is 53.7 Å². The topological polar surface area (TPSA) is 74.1 Å². The van der Waals surface area contributed by atoms with E-state index in [1.54, 1.807) is 19.2 Å². The van der Waals surface area contributed by atoms with Crippen molar-refractivity contribution in [1.82, 2.24) is 19.7 Å². The molecule has 1 aliphatic carbocycles. The number of aryl methyl sites for hydroxylation is 2. The molecule has 0 unspecified atom stereocenters. The monoisotopic (exact) mass is 547 g/mol. The minimum atomic E-state index is -2.74. The fourth-order valence-corrected chi connectivity index (χ4v) is 4.50. The first-order chi connectivity index (χ1) is 18.0. The number of H-pyrrole nitrogens is 1. The first-order valence-corrected chi connectivity index (χ1v) is 13.1. The van der Waals surface area contributed by atoms with Crippen LogP contribution in [0, 0.1) is 24.5 Å². The summed E-state index contributed by atoms with van der Waals surface area (Å²) in [6.45, 7) is 7.64. The minimum absolute atomic E-state index is 0.0539. The van der Waals surface area contributed by atoms with Crippen molar-refractivity contribution in [1.29, 1.82) is 0 Å². The Morgan fingerprint density at radius 3 is 2.42 bits per heavy atom. The maximum absolute atomic E-state index is 14.9. The molecule has 0 aliphatic heterocycles. The van der Waals surface area contributed by atoms with E-state index in [1.807, 2.05) is 6.92 Å². The lowest BCUT2D eigenvalue weighted by molar-refractivity contribution is 0.137. The van der Waals surface area contributed by atoms with Gasteiger partial charge in [0, 0.05) is 48.1 Å². The van der Waals surface area contributed by atoms with Gasteiger partial charge in [-0.1, -0.05) is 6.58 Å². The molecule has 38 heavy (non-hydrogen) atoms. The Morgan fingerprint density at radius 2 is 1.92 bits per heavy atom. The smallest absolute Gasteiger partial charge is 0.295 e. The summed E-state index contributed by atoms with van der Waals surface area (Å²) >= 11 is 1.24. The number of imidazole rings is 1. The van der Waals surface area contributed by atoms with Gasteiger partial charge in [0.1, 0.15) is 17.3 Å². The summed E-state index contributed by atoms with van der Waals surface area (Å²) < 4.78 is 57.9. The summed E-state index contributed by atoms with van der Waals surface area (Å²) in [5.74, 6) is -0.640. The summed E-state index contributed by atoms with van der Waals surface area (Å²) in [5, 5.41) is 10.3. The SMILES string of the molecule is C=C(/C(=C(\N=C(/C)N(C)c1c(F)cc(SC)cc1F)Nc1cc(C)[nH]n1)C1CC1)c1cn(C)c(C(F)F)n1. The van der Waals surface area contributed by atoms with Crippen LogP contribution in [0.2, 0.25) is 0 Å². The van der Waals surface area contributed by atoms with Crippen LogP contribution in [0.4, 0.5) is 29.1 Å². The molecule has 202 valence electrons. The normalized spacial score (nSPS) is 14.6. The van der Waals surface area contributed by atoms with E-state index in [0.717, 1.165) is 18.5 Å². The van der Waals surface area contributed by atoms with Gasteiger partial charge >= 0.3 is 0 Å². The molecule has 2 heterocycles. The molecule has 1 saturated carbocycles. The van der Waals surface area contributed by atoms with Crippen LogP contribution in [0.15, 0.2) is 52.3 Å². The molecule has 3 aromatic rings.